The highest BCUT2D eigenvalue weighted by Crippen LogP contribution is 2.43. The van der Waals surface area contributed by atoms with Crippen LogP contribution in [0.2, 0.25) is 0 Å². The molecule has 0 aliphatic carbocycles. The van der Waals surface area contributed by atoms with Gasteiger partial charge in [0.2, 0.25) is 0 Å². The molecule has 7 nitrogen and oxygen atoms in total. The third-order valence-corrected chi connectivity index (χ3v) is 7.46. The Labute approximate surface area is 205 Å². The minimum Gasteiger partial charge on any atom is -0.491 e. The van der Waals surface area contributed by atoms with Gasteiger partial charge >= 0.3 is 0 Å². The SMILES string of the molecule is CC1CN(c2ccc3c(n2)-c2sc(-c4ncnn4-c4ccc(F)cc4F)cc2CCO3)CC(C)N1. The van der Waals surface area contributed by atoms with Crippen LogP contribution >= 0.6 is 11.3 Å². The van der Waals surface area contributed by atoms with Gasteiger partial charge in [0.25, 0.3) is 0 Å². The van der Waals surface area contributed by atoms with Crippen molar-refractivity contribution < 1.29 is 13.5 Å². The van der Waals surface area contributed by atoms with Gasteiger partial charge in [0, 0.05) is 37.7 Å². The first-order chi connectivity index (χ1) is 17.0. The molecule has 0 radical (unpaired) electrons. The molecule has 0 bridgehead atoms. The molecule has 0 spiro atoms. The van der Waals surface area contributed by atoms with Crippen LogP contribution in [-0.4, -0.2) is 51.5 Å². The molecule has 2 aliphatic heterocycles. The monoisotopic (exact) mass is 494 g/mol. The van der Waals surface area contributed by atoms with Crippen LogP contribution in [0.1, 0.15) is 19.4 Å². The highest BCUT2D eigenvalue weighted by molar-refractivity contribution is 7.19. The summed E-state index contributed by atoms with van der Waals surface area (Å²) in [6.45, 7) is 6.66. The van der Waals surface area contributed by atoms with Crippen LogP contribution in [0.4, 0.5) is 14.6 Å². The van der Waals surface area contributed by atoms with Crippen molar-refractivity contribution in [3.05, 3.63) is 59.9 Å². The lowest BCUT2D eigenvalue weighted by atomic mass is 10.1. The number of aromatic nitrogens is 4. The van der Waals surface area contributed by atoms with Gasteiger partial charge in [-0.2, -0.15) is 5.10 Å². The van der Waals surface area contributed by atoms with E-state index in [1.54, 1.807) is 0 Å². The minimum absolute atomic E-state index is 0.147. The second kappa shape index (κ2) is 8.69. The maximum absolute atomic E-state index is 14.5. The van der Waals surface area contributed by atoms with E-state index in [1.165, 1.54) is 34.5 Å². The van der Waals surface area contributed by atoms with E-state index < -0.39 is 11.6 Å². The summed E-state index contributed by atoms with van der Waals surface area (Å²) >= 11 is 1.53. The molecule has 6 rings (SSSR count). The van der Waals surface area contributed by atoms with Gasteiger partial charge in [0.1, 0.15) is 35.1 Å². The molecular formula is C25H24F2N6OS. The minimum atomic E-state index is -0.695. The summed E-state index contributed by atoms with van der Waals surface area (Å²) in [5, 5.41) is 7.77. The number of thiophene rings is 1. The third-order valence-electron chi connectivity index (χ3n) is 6.28. The second-order valence-electron chi connectivity index (χ2n) is 9.04. The summed E-state index contributed by atoms with van der Waals surface area (Å²) in [6.07, 6.45) is 2.10. The summed E-state index contributed by atoms with van der Waals surface area (Å²) < 4.78 is 35.4. The van der Waals surface area contributed by atoms with Crippen molar-refractivity contribution in [2.75, 3.05) is 24.6 Å². The fourth-order valence-corrected chi connectivity index (χ4v) is 6.03. The van der Waals surface area contributed by atoms with Crippen LogP contribution in [0.15, 0.2) is 42.7 Å². The van der Waals surface area contributed by atoms with Crippen LogP contribution in [0, 0.1) is 11.6 Å². The average molecular weight is 495 g/mol. The Balaban J connectivity index is 1.41. The lowest BCUT2D eigenvalue weighted by Gasteiger charge is -2.37. The van der Waals surface area contributed by atoms with E-state index in [9.17, 15) is 8.78 Å². The smallest absolute Gasteiger partial charge is 0.173 e. The topological polar surface area (TPSA) is 68.1 Å². The third kappa shape index (κ3) is 4.06. The number of benzene rings is 1. The largest absolute Gasteiger partial charge is 0.491 e. The number of rotatable bonds is 3. The zero-order chi connectivity index (χ0) is 24.1. The van der Waals surface area contributed by atoms with E-state index >= 15 is 0 Å². The molecule has 1 N–H and O–H groups in total. The number of halogens is 2. The maximum Gasteiger partial charge on any atom is 0.173 e. The summed E-state index contributed by atoms with van der Waals surface area (Å²) in [6, 6.07) is 10.2. The molecule has 180 valence electrons. The normalized spacial score (nSPS) is 19.6. The van der Waals surface area contributed by atoms with Crippen LogP contribution in [-0.2, 0) is 6.42 Å². The predicted molar refractivity (Wildman–Crippen MR) is 131 cm³/mol. The van der Waals surface area contributed by atoms with E-state index in [-0.39, 0.29) is 5.69 Å². The molecule has 35 heavy (non-hydrogen) atoms. The number of ether oxygens (including phenoxy) is 1. The van der Waals surface area contributed by atoms with Crippen molar-refractivity contribution in [3.8, 4) is 32.7 Å². The molecule has 4 aromatic rings. The zero-order valence-corrected chi connectivity index (χ0v) is 20.1. The number of pyridine rings is 1. The Morgan fingerprint density at radius 1 is 1.09 bits per heavy atom. The first kappa shape index (κ1) is 22.1. The van der Waals surface area contributed by atoms with Gasteiger partial charge in [-0.3, -0.25) is 0 Å². The summed E-state index contributed by atoms with van der Waals surface area (Å²) in [4.78, 5) is 13.6. The standard InChI is InChI=1S/C25H24F2N6OS/c1-14-11-32(12-15(2)30-14)22-6-5-20-23(31-22)24-16(7-8-34-20)9-21(35-24)25-28-13-29-33(25)19-4-3-17(26)10-18(19)27/h3-6,9-10,13-15,30H,7-8,11-12H2,1-2H3. The van der Waals surface area contributed by atoms with Gasteiger partial charge in [-0.1, -0.05) is 0 Å². The molecule has 1 aromatic carbocycles. The van der Waals surface area contributed by atoms with E-state index in [4.69, 9.17) is 9.72 Å². The van der Waals surface area contributed by atoms with Gasteiger partial charge in [0.05, 0.1) is 16.4 Å². The fraction of sp³-hybridized carbons (Fsp3) is 0.320. The first-order valence-corrected chi connectivity index (χ1v) is 12.4. The van der Waals surface area contributed by atoms with Crippen molar-refractivity contribution in [1.29, 1.82) is 0 Å². The van der Waals surface area contributed by atoms with Gasteiger partial charge in [-0.15, -0.1) is 11.3 Å². The Hall–Kier alpha value is -3.37. The number of nitrogens with zero attached hydrogens (tertiary/aromatic N) is 5. The highest BCUT2D eigenvalue weighted by Gasteiger charge is 2.26. The van der Waals surface area contributed by atoms with Gasteiger partial charge < -0.3 is 15.0 Å². The lowest BCUT2D eigenvalue weighted by Crippen LogP contribution is -2.54. The number of hydrogen-bond donors (Lipinski definition) is 1. The Morgan fingerprint density at radius 2 is 1.91 bits per heavy atom. The van der Waals surface area contributed by atoms with Gasteiger partial charge in [-0.05, 0) is 49.7 Å². The summed E-state index contributed by atoms with van der Waals surface area (Å²) in [5.41, 5.74) is 2.06. The lowest BCUT2D eigenvalue weighted by molar-refractivity contribution is 0.325. The summed E-state index contributed by atoms with van der Waals surface area (Å²) in [7, 11) is 0. The van der Waals surface area contributed by atoms with Crippen molar-refractivity contribution in [2.45, 2.75) is 32.4 Å². The molecule has 2 aliphatic rings. The number of nitrogens with one attached hydrogen (secondary N) is 1. The Bertz CT molecular complexity index is 1390. The van der Waals surface area contributed by atoms with Crippen molar-refractivity contribution in [1.82, 2.24) is 25.1 Å². The molecule has 2 unspecified atom stereocenters. The summed E-state index contributed by atoms with van der Waals surface area (Å²) in [5.74, 6) is 0.842. The molecular weight excluding hydrogens is 470 g/mol. The second-order valence-corrected chi connectivity index (χ2v) is 10.1. The van der Waals surface area contributed by atoms with Gasteiger partial charge in [-0.25, -0.2) is 23.4 Å². The van der Waals surface area contributed by atoms with Crippen LogP contribution < -0.4 is 15.0 Å². The van der Waals surface area contributed by atoms with Crippen LogP contribution in [0.25, 0.3) is 27.0 Å². The molecule has 10 heteroatoms. The van der Waals surface area contributed by atoms with Crippen molar-refractivity contribution in [2.24, 2.45) is 0 Å². The van der Waals surface area contributed by atoms with Crippen molar-refractivity contribution in [3.63, 3.8) is 0 Å². The van der Waals surface area contributed by atoms with Crippen LogP contribution in [0.5, 0.6) is 5.75 Å². The molecule has 2 atom stereocenters. The predicted octanol–water partition coefficient (Wildman–Crippen LogP) is 4.46. The van der Waals surface area contributed by atoms with E-state index in [1.807, 2.05) is 18.2 Å². The Kier molecular flexibility index (Phi) is 5.49. The maximum atomic E-state index is 14.5. The number of piperazine rings is 1. The van der Waals surface area contributed by atoms with E-state index in [2.05, 4.69) is 34.1 Å². The molecule has 0 saturated carbocycles. The number of hydrogen-bond acceptors (Lipinski definition) is 7. The van der Waals surface area contributed by atoms with Crippen LogP contribution in [0.3, 0.4) is 0 Å². The van der Waals surface area contributed by atoms with Gasteiger partial charge in [0.15, 0.2) is 11.6 Å². The molecule has 1 fully saturated rings. The fourth-order valence-electron chi connectivity index (χ4n) is 4.84. The molecule has 5 heterocycles. The molecule has 1 saturated heterocycles. The zero-order valence-electron chi connectivity index (χ0n) is 19.3. The number of fused-ring (bicyclic) bond motifs is 3. The quantitative estimate of drug-likeness (QED) is 0.454. The number of anilines is 1. The van der Waals surface area contributed by atoms with Crippen molar-refractivity contribution >= 4 is 17.2 Å². The Morgan fingerprint density at radius 3 is 2.71 bits per heavy atom. The molecule has 3 aromatic heterocycles. The average Bonchev–Trinajstić information content (AvgIpc) is 3.42. The first-order valence-electron chi connectivity index (χ1n) is 11.6. The van der Waals surface area contributed by atoms with E-state index in [0.29, 0.717) is 24.5 Å². The molecule has 0 amide bonds. The van der Waals surface area contributed by atoms with E-state index in [0.717, 1.165) is 58.2 Å². The highest BCUT2D eigenvalue weighted by atomic mass is 32.1.